The molecule has 1 saturated heterocycles. The van der Waals surface area contributed by atoms with Crippen molar-refractivity contribution in [3.63, 3.8) is 0 Å². The molecule has 2 aromatic rings. The Hall–Kier alpha value is -3.23. The number of nitrogens with one attached hydrogen (secondary N) is 1. The Morgan fingerprint density at radius 3 is 2.06 bits per heavy atom. The minimum absolute atomic E-state index is 0.0807. The third-order valence-corrected chi connectivity index (χ3v) is 4.76. The van der Waals surface area contributed by atoms with E-state index in [2.05, 4.69) is 11.1 Å². The van der Waals surface area contributed by atoms with Gasteiger partial charge in [0.1, 0.15) is 11.5 Å². The van der Waals surface area contributed by atoms with Crippen molar-refractivity contribution in [3.8, 4) is 11.5 Å². The van der Waals surface area contributed by atoms with Crippen LogP contribution in [-0.4, -0.2) is 50.6 Å². The number of hydrogen-bond acceptors (Lipinski definition) is 8. The zero-order valence-electron chi connectivity index (χ0n) is 20.4. The lowest BCUT2D eigenvalue weighted by Crippen LogP contribution is -2.40. The van der Waals surface area contributed by atoms with Crippen molar-refractivity contribution in [1.82, 2.24) is 5.32 Å². The van der Waals surface area contributed by atoms with Crippen molar-refractivity contribution >= 4 is 17.7 Å². The maximum atomic E-state index is 12.9. The summed E-state index contributed by atoms with van der Waals surface area (Å²) in [6.07, 6.45) is -0.407. The van der Waals surface area contributed by atoms with Gasteiger partial charge in [0.25, 0.3) is 6.10 Å². The molecule has 0 saturated carbocycles. The molecule has 8 nitrogen and oxygen atoms in total. The van der Waals surface area contributed by atoms with E-state index in [9.17, 15) is 14.4 Å². The number of carbonyl (C=O) groups is 3. The molecule has 1 aliphatic rings. The van der Waals surface area contributed by atoms with Gasteiger partial charge in [0, 0.05) is 5.56 Å². The van der Waals surface area contributed by atoms with Crippen LogP contribution in [0, 0.1) is 5.92 Å². The average molecular weight is 473 g/mol. The van der Waals surface area contributed by atoms with E-state index in [-0.39, 0.29) is 18.1 Å². The van der Waals surface area contributed by atoms with Crippen molar-refractivity contribution in [1.29, 1.82) is 0 Å². The van der Waals surface area contributed by atoms with Crippen LogP contribution in [-0.2, 0) is 19.1 Å². The predicted octanol–water partition coefficient (Wildman–Crippen LogP) is 3.74. The number of piperidine rings is 1. The normalized spacial score (nSPS) is 13.7. The molecule has 1 heterocycles. The summed E-state index contributed by atoms with van der Waals surface area (Å²) in [5.41, 5.74) is 4.73. The number of Topliss-reactive ketones (excluding diaryl/α,β-unsaturated/α-hetero) is 1. The molecule has 0 spiro atoms. The molecule has 1 aliphatic heterocycles. The molecule has 186 valence electrons. The lowest BCUT2D eigenvalue weighted by molar-refractivity contribution is -0.167. The van der Waals surface area contributed by atoms with Gasteiger partial charge in [0.15, 0.2) is 0 Å². The van der Waals surface area contributed by atoms with Crippen LogP contribution in [0.1, 0.15) is 44.0 Å². The molecular weight excluding hydrogens is 436 g/mol. The van der Waals surface area contributed by atoms with E-state index in [1.807, 2.05) is 44.2 Å². The molecule has 34 heavy (non-hydrogen) atoms. The van der Waals surface area contributed by atoms with Crippen LogP contribution < -0.4 is 15.8 Å². The minimum atomic E-state index is -1.62. The summed E-state index contributed by atoms with van der Waals surface area (Å²) in [7, 11) is 1.50. The van der Waals surface area contributed by atoms with E-state index < -0.39 is 23.8 Å². The van der Waals surface area contributed by atoms with Crippen molar-refractivity contribution in [2.24, 2.45) is 11.7 Å². The fraction of sp³-hybridized carbons (Fsp3) is 0.423. The van der Waals surface area contributed by atoms with Gasteiger partial charge in [-0.2, -0.15) is 0 Å². The second-order valence-electron chi connectivity index (χ2n) is 6.90. The third kappa shape index (κ3) is 8.96. The number of ketones is 1. The molecule has 0 aliphatic carbocycles. The third-order valence-electron chi connectivity index (χ3n) is 4.76. The SMILES string of the molecule is CC.CCOC(=O)C(OC(=O)C1CCNCC1)C(=O)c1ccc(Oc2ccccc2)cc1.CN. The Morgan fingerprint density at radius 1 is 0.941 bits per heavy atom. The molecule has 2 aromatic carbocycles. The number of benzene rings is 2. The fourth-order valence-corrected chi connectivity index (χ4v) is 3.16. The summed E-state index contributed by atoms with van der Waals surface area (Å²) in [5, 5.41) is 3.16. The van der Waals surface area contributed by atoms with Gasteiger partial charge >= 0.3 is 11.9 Å². The van der Waals surface area contributed by atoms with Gasteiger partial charge in [-0.3, -0.25) is 9.59 Å². The lowest BCUT2D eigenvalue weighted by atomic mass is 9.98. The van der Waals surface area contributed by atoms with Gasteiger partial charge in [-0.15, -0.1) is 0 Å². The fourth-order valence-electron chi connectivity index (χ4n) is 3.16. The Kier molecular flexibility index (Phi) is 13.9. The van der Waals surface area contributed by atoms with Gasteiger partial charge in [-0.25, -0.2) is 4.79 Å². The van der Waals surface area contributed by atoms with Crippen LogP contribution in [0.15, 0.2) is 54.6 Å². The standard InChI is InChI=1S/C23H25NO6.C2H6.CH5N/c1-2-28-23(27)21(30-22(26)17-12-14-24-15-13-17)20(25)16-8-10-19(11-9-16)29-18-6-4-3-5-7-18;2*1-2/h3-11,17,21,24H,2,12-15H2,1H3;1-2H3;2H2,1H3. The quantitative estimate of drug-likeness (QED) is 0.339. The molecule has 0 radical (unpaired) electrons. The lowest BCUT2D eigenvalue weighted by Gasteiger charge is -2.23. The highest BCUT2D eigenvalue weighted by molar-refractivity contribution is 6.12. The summed E-state index contributed by atoms with van der Waals surface area (Å²) in [6.45, 7) is 7.10. The summed E-state index contributed by atoms with van der Waals surface area (Å²) in [5.74, 6) is -1.17. The largest absolute Gasteiger partial charge is 0.463 e. The smallest absolute Gasteiger partial charge is 0.355 e. The second-order valence-corrected chi connectivity index (χ2v) is 6.90. The van der Waals surface area contributed by atoms with Crippen molar-refractivity contribution in [3.05, 3.63) is 60.2 Å². The first-order valence-electron chi connectivity index (χ1n) is 11.6. The molecule has 1 fully saturated rings. The maximum absolute atomic E-state index is 12.9. The van der Waals surface area contributed by atoms with Gasteiger partial charge in [0.05, 0.1) is 12.5 Å². The molecule has 1 unspecified atom stereocenters. The Labute approximate surface area is 201 Å². The number of carbonyl (C=O) groups excluding carboxylic acids is 3. The molecule has 0 amide bonds. The van der Waals surface area contributed by atoms with Gasteiger partial charge in [-0.05, 0) is 76.3 Å². The number of nitrogens with two attached hydrogens (primary N) is 1. The Balaban J connectivity index is 0.00000137. The van der Waals surface area contributed by atoms with Gasteiger partial charge in [0.2, 0.25) is 5.78 Å². The zero-order valence-corrected chi connectivity index (χ0v) is 20.4. The molecular formula is C26H36N2O6. The number of ether oxygens (including phenoxy) is 3. The first kappa shape index (κ1) is 28.8. The monoisotopic (exact) mass is 472 g/mol. The van der Waals surface area contributed by atoms with Gasteiger partial charge in [-0.1, -0.05) is 32.0 Å². The highest BCUT2D eigenvalue weighted by Crippen LogP contribution is 2.22. The first-order chi connectivity index (χ1) is 16.6. The highest BCUT2D eigenvalue weighted by Gasteiger charge is 2.35. The summed E-state index contributed by atoms with van der Waals surface area (Å²) in [4.78, 5) is 37.7. The number of rotatable bonds is 8. The Bertz CT molecular complexity index is 865. The summed E-state index contributed by atoms with van der Waals surface area (Å²) < 4.78 is 16.0. The van der Waals surface area contributed by atoms with Crippen LogP contribution in [0.25, 0.3) is 0 Å². The molecule has 8 heteroatoms. The van der Waals surface area contributed by atoms with E-state index in [1.54, 1.807) is 19.1 Å². The molecule has 0 bridgehead atoms. The van der Waals surface area contributed by atoms with Crippen molar-refractivity contribution < 1.29 is 28.6 Å². The predicted molar refractivity (Wildman–Crippen MR) is 131 cm³/mol. The minimum Gasteiger partial charge on any atom is -0.463 e. The maximum Gasteiger partial charge on any atom is 0.355 e. The molecule has 1 atom stereocenters. The van der Waals surface area contributed by atoms with Crippen molar-refractivity contribution in [2.75, 3.05) is 26.7 Å². The van der Waals surface area contributed by atoms with E-state index in [4.69, 9.17) is 14.2 Å². The zero-order chi connectivity index (χ0) is 25.3. The number of esters is 2. The second kappa shape index (κ2) is 16.4. The Morgan fingerprint density at radius 2 is 1.50 bits per heavy atom. The van der Waals surface area contributed by atoms with Crippen molar-refractivity contribution in [2.45, 2.75) is 39.7 Å². The van der Waals surface area contributed by atoms with Crippen LogP contribution in [0.4, 0.5) is 0 Å². The number of hydrogen-bond donors (Lipinski definition) is 2. The van der Waals surface area contributed by atoms with Crippen LogP contribution in [0.2, 0.25) is 0 Å². The first-order valence-corrected chi connectivity index (χ1v) is 11.6. The van der Waals surface area contributed by atoms with E-state index in [1.165, 1.54) is 19.2 Å². The molecule has 0 aromatic heterocycles. The highest BCUT2D eigenvalue weighted by atomic mass is 16.6. The van der Waals surface area contributed by atoms with Crippen LogP contribution >= 0.6 is 0 Å². The topological polar surface area (TPSA) is 117 Å². The molecule has 3 rings (SSSR count). The van der Waals surface area contributed by atoms with E-state index >= 15 is 0 Å². The summed E-state index contributed by atoms with van der Waals surface area (Å²) in [6, 6.07) is 15.5. The number of para-hydroxylation sites is 1. The van der Waals surface area contributed by atoms with Crippen LogP contribution in [0.3, 0.4) is 0 Å². The van der Waals surface area contributed by atoms with E-state index in [0.29, 0.717) is 37.4 Å². The van der Waals surface area contributed by atoms with E-state index in [0.717, 1.165) is 0 Å². The molecule has 3 N–H and O–H groups in total. The average Bonchev–Trinajstić information content (AvgIpc) is 2.91. The summed E-state index contributed by atoms with van der Waals surface area (Å²) >= 11 is 0. The van der Waals surface area contributed by atoms with Crippen LogP contribution in [0.5, 0.6) is 11.5 Å². The van der Waals surface area contributed by atoms with Gasteiger partial charge < -0.3 is 25.3 Å².